The molecule has 1 saturated carbocycles. The van der Waals surface area contributed by atoms with Gasteiger partial charge in [0.2, 0.25) is 5.91 Å². The van der Waals surface area contributed by atoms with Crippen LogP contribution in [0.4, 0.5) is 0 Å². The summed E-state index contributed by atoms with van der Waals surface area (Å²) in [5.41, 5.74) is 5.18. The molecule has 94 valence electrons. The third-order valence-corrected chi connectivity index (χ3v) is 3.57. The van der Waals surface area contributed by atoms with Gasteiger partial charge in [-0.05, 0) is 26.7 Å². The Morgan fingerprint density at radius 2 is 1.69 bits per heavy atom. The number of carbonyl (C=O) groups is 1. The van der Waals surface area contributed by atoms with Crippen molar-refractivity contribution in [3.05, 3.63) is 0 Å². The summed E-state index contributed by atoms with van der Waals surface area (Å²) in [6, 6.07) is 0.374. The second-order valence-electron chi connectivity index (χ2n) is 5.60. The first-order chi connectivity index (χ1) is 7.56. The van der Waals surface area contributed by atoms with Crippen LogP contribution in [0.15, 0.2) is 0 Å². The molecule has 0 aliphatic heterocycles. The van der Waals surface area contributed by atoms with Gasteiger partial charge in [-0.3, -0.25) is 4.79 Å². The van der Waals surface area contributed by atoms with E-state index in [1.54, 1.807) is 0 Å². The number of hydrogen-bond acceptors (Lipinski definition) is 2. The summed E-state index contributed by atoms with van der Waals surface area (Å²) in [5.74, 6) is 0.112. The van der Waals surface area contributed by atoms with E-state index < -0.39 is 5.41 Å². The molecule has 1 fully saturated rings. The number of hydrogen-bond donors (Lipinski definition) is 2. The standard InChI is InChI=1S/C13H26N2O/c1-13(2,10-14)12(16)15-11-8-6-4-3-5-7-9-11/h11H,3-10,14H2,1-2H3,(H,15,16). The molecule has 1 aliphatic carbocycles. The van der Waals surface area contributed by atoms with Gasteiger partial charge in [-0.25, -0.2) is 0 Å². The maximum absolute atomic E-state index is 12.0. The fourth-order valence-electron chi connectivity index (χ4n) is 2.07. The first-order valence-corrected chi connectivity index (χ1v) is 6.57. The van der Waals surface area contributed by atoms with Crippen molar-refractivity contribution in [2.75, 3.05) is 6.54 Å². The summed E-state index contributed by atoms with van der Waals surface area (Å²) in [7, 11) is 0. The molecule has 1 amide bonds. The van der Waals surface area contributed by atoms with Crippen LogP contribution in [0, 0.1) is 5.41 Å². The van der Waals surface area contributed by atoms with E-state index in [9.17, 15) is 4.79 Å². The molecule has 3 nitrogen and oxygen atoms in total. The lowest BCUT2D eigenvalue weighted by Crippen LogP contribution is -2.46. The van der Waals surface area contributed by atoms with Crippen LogP contribution in [0.3, 0.4) is 0 Å². The van der Waals surface area contributed by atoms with E-state index in [4.69, 9.17) is 5.73 Å². The van der Waals surface area contributed by atoms with Crippen molar-refractivity contribution in [3.63, 3.8) is 0 Å². The van der Waals surface area contributed by atoms with E-state index in [2.05, 4.69) is 5.32 Å². The van der Waals surface area contributed by atoms with Crippen LogP contribution in [0.2, 0.25) is 0 Å². The van der Waals surface area contributed by atoms with Crippen molar-refractivity contribution in [2.24, 2.45) is 11.1 Å². The van der Waals surface area contributed by atoms with Crippen molar-refractivity contribution in [3.8, 4) is 0 Å². The smallest absolute Gasteiger partial charge is 0.227 e. The Balaban J connectivity index is 2.42. The van der Waals surface area contributed by atoms with E-state index >= 15 is 0 Å². The molecule has 0 saturated heterocycles. The summed E-state index contributed by atoms with van der Waals surface area (Å²) < 4.78 is 0. The third kappa shape index (κ3) is 4.12. The molecule has 0 unspecified atom stereocenters. The largest absolute Gasteiger partial charge is 0.353 e. The number of amides is 1. The Labute approximate surface area is 99.2 Å². The molecule has 0 aromatic carbocycles. The lowest BCUT2D eigenvalue weighted by molar-refractivity contribution is -0.129. The monoisotopic (exact) mass is 226 g/mol. The van der Waals surface area contributed by atoms with E-state index in [0.717, 1.165) is 12.8 Å². The average Bonchev–Trinajstić information content (AvgIpc) is 2.21. The number of carbonyl (C=O) groups excluding carboxylic acids is 1. The molecule has 0 atom stereocenters. The maximum Gasteiger partial charge on any atom is 0.227 e. The van der Waals surface area contributed by atoms with E-state index in [1.807, 2.05) is 13.8 Å². The van der Waals surface area contributed by atoms with Gasteiger partial charge in [-0.1, -0.05) is 32.1 Å². The van der Waals surface area contributed by atoms with Gasteiger partial charge in [0, 0.05) is 12.6 Å². The third-order valence-electron chi connectivity index (χ3n) is 3.57. The van der Waals surface area contributed by atoms with Crippen LogP contribution in [0.25, 0.3) is 0 Å². The Bertz CT molecular complexity index is 218. The Kier molecular flexibility index (Phi) is 5.26. The van der Waals surface area contributed by atoms with Crippen LogP contribution in [0.1, 0.15) is 58.8 Å². The molecule has 0 radical (unpaired) electrons. The van der Waals surface area contributed by atoms with Crippen LogP contribution >= 0.6 is 0 Å². The molecule has 1 aliphatic rings. The van der Waals surface area contributed by atoms with Gasteiger partial charge in [0.05, 0.1) is 5.41 Å². The fraction of sp³-hybridized carbons (Fsp3) is 0.923. The molecule has 0 spiro atoms. The minimum atomic E-state index is -0.428. The SMILES string of the molecule is CC(C)(CN)C(=O)NC1CCCCCCC1. The van der Waals surface area contributed by atoms with Crippen LogP contribution in [0.5, 0.6) is 0 Å². The van der Waals surface area contributed by atoms with E-state index in [-0.39, 0.29) is 5.91 Å². The summed E-state index contributed by atoms with van der Waals surface area (Å²) in [4.78, 5) is 12.0. The molecule has 1 rings (SSSR count). The predicted molar refractivity (Wildman–Crippen MR) is 67.1 cm³/mol. The first kappa shape index (κ1) is 13.5. The highest BCUT2D eigenvalue weighted by molar-refractivity contribution is 5.82. The molecule has 0 heterocycles. The molecular formula is C13H26N2O. The molecule has 3 N–H and O–H groups in total. The lowest BCUT2D eigenvalue weighted by atomic mass is 9.90. The highest BCUT2D eigenvalue weighted by Crippen LogP contribution is 2.19. The lowest BCUT2D eigenvalue weighted by Gasteiger charge is -2.27. The van der Waals surface area contributed by atoms with Gasteiger partial charge in [-0.15, -0.1) is 0 Å². The first-order valence-electron chi connectivity index (χ1n) is 6.57. The molecule has 3 heteroatoms. The second kappa shape index (κ2) is 6.24. The van der Waals surface area contributed by atoms with Crippen molar-refractivity contribution in [1.82, 2.24) is 5.32 Å². The van der Waals surface area contributed by atoms with Gasteiger partial charge in [0.15, 0.2) is 0 Å². The van der Waals surface area contributed by atoms with Crippen molar-refractivity contribution in [2.45, 2.75) is 64.8 Å². The predicted octanol–water partition coefficient (Wildman–Crippen LogP) is 2.20. The van der Waals surface area contributed by atoms with Crippen LogP contribution in [-0.4, -0.2) is 18.5 Å². The number of rotatable bonds is 3. The van der Waals surface area contributed by atoms with Crippen LogP contribution < -0.4 is 11.1 Å². The van der Waals surface area contributed by atoms with Gasteiger partial charge >= 0.3 is 0 Å². The fourth-order valence-corrected chi connectivity index (χ4v) is 2.07. The molecule has 0 bridgehead atoms. The maximum atomic E-state index is 12.0. The number of nitrogens with two attached hydrogens (primary N) is 1. The zero-order chi connectivity index (χ0) is 12.0. The second-order valence-corrected chi connectivity index (χ2v) is 5.60. The highest BCUT2D eigenvalue weighted by atomic mass is 16.2. The highest BCUT2D eigenvalue weighted by Gasteiger charge is 2.27. The van der Waals surface area contributed by atoms with E-state index in [0.29, 0.717) is 12.6 Å². The zero-order valence-electron chi connectivity index (χ0n) is 10.7. The molecule has 0 aromatic heterocycles. The Morgan fingerprint density at radius 1 is 1.19 bits per heavy atom. The summed E-state index contributed by atoms with van der Waals surface area (Å²) in [6.07, 6.45) is 8.73. The summed E-state index contributed by atoms with van der Waals surface area (Å²) in [6.45, 7) is 4.22. The van der Waals surface area contributed by atoms with E-state index in [1.165, 1.54) is 32.1 Å². The quantitative estimate of drug-likeness (QED) is 0.775. The summed E-state index contributed by atoms with van der Waals surface area (Å²) in [5, 5.41) is 3.16. The topological polar surface area (TPSA) is 55.1 Å². The Hall–Kier alpha value is -0.570. The van der Waals surface area contributed by atoms with Crippen molar-refractivity contribution >= 4 is 5.91 Å². The van der Waals surface area contributed by atoms with Gasteiger partial charge in [0.25, 0.3) is 0 Å². The van der Waals surface area contributed by atoms with Gasteiger partial charge < -0.3 is 11.1 Å². The van der Waals surface area contributed by atoms with Crippen molar-refractivity contribution in [1.29, 1.82) is 0 Å². The molecule has 0 aromatic rings. The average molecular weight is 226 g/mol. The molecular weight excluding hydrogens is 200 g/mol. The van der Waals surface area contributed by atoms with Crippen LogP contribution in [-0.2, 0) is 4.79 Å². The Morgan fingerprint density at radius 3 is 2.19 bits per heavy atom. The van der Waals surface area contributed by atoms with Crippen molar-refractivity contribution < 1.29 is 4.79 Å². The normalized spacial score (nSPS) is 19.9. The molecule has 16 heavy (non-hydrogen) atoms. The summed E-state index contributed by atoms with van der Waals surface area (Å²) >= 11 is 0. The minimum Gasteiger partial charge on any atom is -0.353 e. The number of nitrogens with one attached hydrogen (secondary N) is 1. The minimum absolute atomic E-state index is 0.112. The van der Waals surface area contributed by atoms with Gasteiger partial charge in [0.1, 0.15) is 0 Å². The van der Waals surface area contributed by atoms with Gasteiger partial charge in [-0.2, -0.15) is 0 Å². The zero-order valence-corrected chi connectivity index (χ0v) is 10.7.